The van der Waals surface area contributed by atoms with Crippen molar-refractivity contribution in [3.8, 4) is 0 Å². The average Bonchev–Trinajstić information content (AvgIpc) is 2.42. The van der Waals surface area contributed by atoms with Gasteiger partial charge >= 0.3 is 0 Å². The Morgan fingerprint density at radius 1 is 1.20 bits per heavy atom. The van der Waals surface area contributed by atoms with Crippen molar-refractivity contribution >= 4 is 34.5 Å². The van der Waals surface area contributed by atoms with Crippen LogP contribution < -0.4 is 11.1 Å². The smallest absolute Gasteiger partial charge is 0.123 e. The van der Waals surface area contributed by atoms with Gasteiger partial charge in [-0.2, -0.15) is 0 Å². The lowest BCUT2D eigenvalue weighted by Crippen LogP contribution is -2.14. The Labute approximate surface area is 127 Å². The van der Waals surface area contributed by atoms with Crippen molar-refractivity contribution < 1.29 is 4.39 Å². The van der Waals surface area contributed by atoms with Crippen molar-refractivity contribution in [2.75, 3.05) is 11.9 Å². The SMILES string of the molecule is NC(=S)c1cc(Cl)ccc1NCCc1ccc(F)cc1. The molecule has 0 heterocycles. The number of hydrogen-bond donors (Lipinski definition) is 2. The Bertz CT molecular complexity index is 614. The maximum atomic E-state index is 12.8. The summed E-state index contributed by atoms with van der Waals surface area (Å²) in [5.41, 5.74) is 8.31. The Morgan fingerprint density at radius 3 is 2.55 bits per heavy atom. The molecule has 2 rings (SSSR count). The first-order valence-electron chi connectivity index (χ1n) is 6.14. The molecular weight excluding hydrogens is 295 g/mol. The fourth-order valence-electron chi connectivity index (χ4n) is 1.87. The topological polar surface area (TPSA) is 38.0 Å². The Morgan fingerprint density at radius 2 is 1.90 bits per heavy atom. The van der Waals surface area contributed by atoms with Gasteiger partial charge in [0.15, 0.2) is 0 Å². The molecule has 2 aromatic rings. The van der Waals surface area contributed by atoms with Gasteiger partial charge < -0.3 is 11.1 Å². The third-order valence-corrected chi connectivity index (χ3v) is 3.34. The highest BCUT2D eigenvalue weighted by atomic mass is 35.5. The van der Waals surface area contributed by atoms with Crippen LogP contribution >= 0.6 is 23.8 Å². The van der Waals surface area contributed by atoms with E-state index in [1.54, 1.807) is 24.3 Å². The van der Waals surface area contributed by atoms with E-state index < -0.39 is 0 Å². The fourth-order valence-corrected chi connectivity index (χ4v) is 2.21. The first-order chi connectivity index (χ1) is 9.56. The summed E-state index contributed by atoms with van der Waals surface area (Å²) in [7, 11) is 0. The molecule has 0 spiro atoms. The fraction of sp³-hybridized carbons (Fsp3) is 0.133. The van der Waals surface area contributed by atoms with E-state index in [9.17, 15) is 4.39 Å². The van der Waals surface area contributed by atoms with Crippen LogP contribution in [0.3, 0.4) is 0 Å². The standard InChI is InChI=1S/C15H14ClFN2S/c16-11-3-6-14(13(9-11)15(18)20)19-8-7-10-1-4-12(17)5-2-10/h1-6,9,19H,7-8H2,(H2,18,20). The molecule has 0 aliphatic rings. The van der Waals surface area contributed by atoms with Gasteiger partial charge in [-0.3, -0.25) is 0 Å². The summed E-state index contributed by atoms with van der Waals surface area (Å²) in [6.07, 6.45) is 0.777. The third kappa shape index (κ3) is 3.92. The highest BCUT2D eigenvalue weighted by Crippen LogP contribution is 2.20. The molecule has 0 saturated carbocycles. The molecule has 0 atom stereocenters. The maximum Gasteiger partial charge on any atom is 0.123 e. The molecule has 0 aromatic heterocycles. The van der Waals surface area contributed by atoms with E-state index in [2.05, 4.69) is 5.32 Å². The van der Waals surface area contributed by atoms with Gasteiger partial charge in [0.1, 0.15) is 10.8 Å². The van der Waals surface area contributed by atoms with Crippen LogP contribution in [-0.4, -0.2) is 11.5 Å². The van der Waals surface area contributed by atoms with Gasteiger partial charge in [-0.1, -0.05) is 36.0 Å². The van der Waals surface area contributed by atoms with Gasteiger partial charge in [0.2, 0.25) is 0 Å². The summed E-state index contributed by atoms with van der Waals surface area (Å²) >= 11 is 10.9. The van der Waals surface area contributed by atoms with Crippen LogP contribution in [-0.2, 0) is 6.42 Å². The zero-order valence-corrected chi connectivity index (χ0v) is 12.3. The van der Waals surface area contributed by atoms with Crippen LogP contribution in [0.1, 0.15) is 11.1 Å². The molecule has 2 nitrogen and oxygen atoms in total. The summed E-state index contributed by atoms with van der Waals surface area (Å²) in [5, 5.41) is 3.86. The second kappa shape index (κ2) is 6.68. The van der Waals surface area contributed by atoms with Crippen molar-refractivity contribution in [2.24, 2.45) is 5.73 Å². The lowest BCUT2D eigenvalue weighted by atomic mass is 10.1. The molecule has 0 bridgehead atoms. The van der Waals surface area contributed by atoms with Crippen molar-refractivity contribution in [1.82, 2.24) is 0 Å². The van der Waals surface area contributed by atoms with E-state index in [0.29, 0.717) is 16.6 Å². The second-order valence-electron chi connectivity index (χ2n) is 4.36. The van der Waals surface area contributed by atoms with Crippen molar-refractivity contribution in [3.05, 3.63) is 64.4 Å². The van der Waals surface area contributed by atoms with E-state index in [1.807, 2.05) is 6.07 Å². The van der Waals surface area contributed by atoms with Crippen molar-refractivity contribution in [3.63, 3.8) is 0 Å². The molecular formula is C15H14ClFN2S. The molecule has 3 N–H and O–H groups in total. The lowest BCUT2D eigenvalue weighted by molar-refractivity contribution is 0.627. The molecule has 0 radical (unpaired) electrons. The molecule has 0 aliphatic heterocycles. The molecule has 0 unspecified atom stereocenters. The Hall–Kier alpha value is -1.65. The molecule has 5 heteroatoms. The van der Waals surface area contributed by atoms with Gasteiger partial charge in [-0.05, 0) is 42.3 Å². The number of nitrogens with one attached hydrogen (secondary N) is 1. The number of nitrogens with two attached hydrogens (primary N) is 1. The summed E-state index contributed by atoms with van der Waals surface area (Å²) in [6.45, 7) is 0.697. The minimum absolute atomic E-state index is 0.227. The first-order valence-corrected chi connectivity index (χ1v) is 6.92. The molecule has 0 amide bonds. The van der Waals surface area contributed by atoms with Gasteiger partial charge in [0.25, 0.3) is 0 Å². The Kier molecular flexibility index (Phi) is 4.93. The maximum absolute atomic E-state index is 12.8. The van der Waals surface area contributed by atoms with Gasteiger partial charge in [-0.15, -0.1) is 0 Å². The molecule has 0 fully saturated rings. The minimum atomic E-state index is -0.227. The van der Waals surface area contributed by atoms with Gasteiger partial charge in [0, 0.05) is 22.8 Å². The van der Waals surface area contributed by atoms with E-state index in [0.717, 1.165) is 23.2 Å². The molecule has 0 saturated heterocycles. The van der Waals surface area contributed by atoms with Crippen LogP contribution in [0.4, 0.5) is 10.1 Å². The van der Waals surface area contributed by atoms with Crippen LogP contribution in [0.2, 0.25) is 5.02 Å². The predicted octanol–water partition coefficient (Wildman–Crippen LogP) is 3.77. The highest BCUT2D eigenvalue weighted by molar-refractivity contribution is 7.80. The molecule has 0 aliphatic carbocycles. The summed E-state index contributed by atoms with van der Waals surface area (Å²) in [5.74, 6) is -0.227. The number of halogens is 2. The van der Waals surface area contributed by atoms with Crippen LogP contribution in [0.5, 0.6) is 0 Å². The highest BCUT2D eigenvalue weighted by Gasteiger charge is 2.05. The largest absolute Gasteiger partial charge is 0.389 e. The third-order valence-electron chi connectivity index (χ3n) is 2.89. The lowest BCUT2D eigenvalue weighted by Gasteiger charge is -2.11. The first kappa shape index (κ1) is 14.8. The summed E-state index contributed by atoms with van der Waals surface area (Å²) in [6, 6.07) is 11.8. The van der Waals surface area contributed by atoms with E-state index in [4.69, 9.17) is 29.6 Å². The minimum Gasteiger partial charge on any atom is -0.389 e. The monoisotopic (exact) mass is 308 g/mol. The predicted molar refractivity (Wildman–Crippen MR) is 85.9 cm³/mol. The van der Waals surface area contributed by atoms with Crippen LogP contribution in [0.25, 0.3) is 0 Å². The molecule has 20 heavy (non-hydrogen) atoms. The van der Waals surface area contributed by atoms with E-state index in [-0.39, 0.29) is 5.82 Å². The van der Waals surface area contributed by atoms with Crippen LogP contribution in [0, 0.1) is 5.82 Å². The van der Waals surface area contributed by atoms with Crippen LogP contribution in [0.15, 0.2) is 42.5 Å². The number of anilines is 1. The number of hydrogen-bond acceptors (Lipinski definition) is 2. The van der Waals surface area contributed by atoms with E-state index >= 15 is 0 Å². The Balaban J connectivity index is 2.00. The number of thiocarbonyl (C=S) groups is 1. The van der Waals surface area contributed by atoms with Gasteiger partial charge in [0.05, 0.1) is 0 Å². The summed E-state index contributed by atoms with van der Waals surface area (Å²) < 4.78 is 12.8. The summed E-state index contributed by atoms with van der Waals surface area (Å²) in [4.78, 5) is 0.303. The zero-order valence-electron chi connectivity index (χ0n) is 10.7. The van der Waals surface area contributed by atoms with Crippen molar-refractivity contribution in [2.45, 2.75) is 6.42 Å². The average molecular weight is 309 g/mol. The van der Waals surface area contributed by atoms with Gasteiger partial charge in [-0.25, -0.2) is 4.39 Å². The number of rotatable bonds is 5. The molecule has 104 valence electrons. The second-order valence-corrected chi connectivity index (χ2v) is 5.23. The quantitative estimate of drug-likeness (QED) is 0.826. The zero-order chi connectivity index (χ0) is 14.5. The van der Waals surface area contributed by atoms with E-state index in [1.165, 1.54) is 12.1 Å². The normalized spacial score (nSPS) is 10.3. The molecule has 2 aromatic carbocycles. The van der Waals surface area contributed by atoms with Crippen molar-refractivity contribution in [1.29, 1.82) is 0 Å². The number of benzene rings is 2.